The minimum absolute atomic E-state index is 0.0875. The van der Waals surface area contributed by atoms with Crippen molar-refractivity contribution >= 4 is 29.4 Å². The molecule has 4 heterocycles. The van der Waals surface area contributed by atoms with E-state index in [1.165, 1.54) is 22.2 Å². The van der Waals surface area contributed by atoms with Crippen molar-refractivity contribution in [3.05, 3.63) is 52.3 Å². The number of halogens is 1. The predicted molar refractivity (Wildman–Crippen MR) is 98.2 cm³/mol. The molecule has 0 aliphatic carbocycles. The van der Waals surface area contributed by atoms with E-state index in [-0.39, 0.29) is 48.5 Å². The number of hydrogen-bond acceptors (Lipinski definition) is 7. The third kappa shape index (κ3) is 3.37. The Bertz CT molecular complexity index is 929. The summed E-state index contributed by atoms with van der Waals surface area (Å²) in [6, 6.07) is 4.79. The Morgan fingerprint density at radius 2 is 2.00 bits per heavy atom. The number of carbonyl (C=O) groups is 2. The number of nitrogens with zero attached hydrogens (tertiary/aromatic N) is 6. The molecule has 2 aliphatic heterocycles. The van der Waals surface area contributed by atoms with Gasteiger partial charge in [0, 0.05) is 12.4 Å². The quantitative estimate of drug-likeness (QED) is 0.424. The first-order valence-corrected chi connectivity index (χ1v) is 9.02. The van der Waals surface area contributed by atoms with Crippen LogP contribution in [0.2, 0.25) is 5.15 Å². The minimum Gasteiger partial charge on any atom is -0.633 e. The van der Waals surface area contributed by atoms with E-state index in [0.29, 0.717) is 0 Å². The number of quaternary nitrogens is 1. The molecule has 10 nitrogen and oxygen atoms in total. The molecule has 1 unspecified atom stereocenters. The number of hydroxylamine groups is 3. The van der Waals surface area contributed by atoms with E-state index in [9.17, 15) is 14.8 Å². The van der Waals surface area contributed by atoms with Crippen LogP contribution in [0.3, 0.4) is 0 Å². The molecule has 0 aromatic carbocycles. The molecule has 1 saturated heterocycles. The van der Waals surface area contributed by atoms with E-state index in [2.05, 4.69) is 15.0 Å². The largest absolute Gasteiger partial charge is 0.633 e. The number of anilines is 1. The fraction of sp³-hybridized carbons (Fsp3) is 0.353. The molecule has 0 radical (unpaired) electrons. The summed E-state index contributed by atoms with van der Waals surface area (Å²) in [4.78, 5) is 40.6. The van der Waals surface area contributed by atoms with Gasteiger partial charge in [-0.25, -0.2) is 19.7 Å². The molecule has 2 aromatic rings. The van der Waals surface area contributed by atoms with Crippen molar-refractivity contribution in [1.82, 2.24) is 19.9 Å². The van der Waals surface area contributed by atoms with Crippen molar-refractivity contribution in [3.63, 3.8) is 0 Å². The zero-order valence-corrected chi connectivity index (χ0v) is 15.7. The fourth-order valence-electron chi connectivity index (χ4n) is 3.14. The van der Waals surface area contributed by atoms with Gasteiger partial charge in [0.2, 0.25) is 6.23 Å². The summed E-state index contributed by atoms with van der Waals surface area (Å²) in [5, 5.41) is 12.2. The van der Waals surface area contributed by atoms with Crippen LogP contribution in [0.15, 0.2) is 30.6 Å². The average Bonchev–Trinajstić information content (AvgIpc) is 2.94. The maximum absolute atomic E-state index is 12.9. The van der Waals surface area contributed by atoms with Gasteiger partial charge in [-0.15, -0.1) is 0 Å². The number of ether oxygens (including phenoxy) is 1. The van der Waals surface area contributed by atoms with Crippen LogP contribution in [0.4, 0.5) is 10.6 Å². The molecular formula is C17H17ClN6O4. The standard InChI is InChI=1S/C17H17ClN6O4/c1-24(27)9-7-22(8-10-24)17(26)28-16-14-13(19-5-6-20-14)15(25)23(16)12-4-2-3-11(18)21-12/h2-6,16H,7-10H2,1H3. The maximum atomic E-state index is 12.9. The molecule has 1 fully saturated rings. The number of amides is 2. The van der Waals surface area contributed by atoms with Gasteiger partial charge >= 0.3 is 6.09 Å². The molecule has 0 N–H and O–H groups in total. The van der Waals surface area contributed by atoms with E-state index in [4.69, 9.17) is 16.3 Å². The highest BCUT2D eigenvalue weighted by Crippen LogP contribution is 2.36. The highest BCUT2D eigenvalue weighted by molar-refractivity contribution is 6.29. The lowest BCUT2D eigenvalue weighted by Gasteiger charge is -2.44. The van der Waals surface area contributed by atoms with E-state index in [1.54, 1.807) is 25.2 Å². The summed E-state index contributed by atoms with van der Waals surface area (Å²) in [7, 11) is 1.57. The van der Waals surface area contributed by atoms with Gasteiger partial charge in [0.15, 0.2) is 5.69 Å². The summed E-state index contributed by atoms with van der Waals surface area (Å²) in [6.45, 7) is 1.08. The number of hydrogen-bond donors (Lipinski definition) is 0. The summed E-state index contributed by atoms with van der Waals surface area (Å²) < 4.78 is 5.22. The number of pyridine rings is 1. The topological polar surface area (TPSA) is 112 Å². The molecule has 0 saturated carbocycles. The Morgan fingerprint density at radius 1 is 1.29 bits per heavy atom. The van der Waals surface area contributed by atoms with Gasteiger partial charge < -0.3 is 14.6 Å². The van der Waals surface area contributed by atoms with Gasteiger partial charge in [-0.3, -0.25) is 14.7 Å². The highest BCUT2D eigenvalue weighted by atomic mass is 35.5. The molecule has 1 atom stereocenters. The molecule has 0 spiro atoms. The van der Waals surface area contributed by atoms with Crippen LogP contribution in [0.1, 0.15) is 22.4 Å². The van der Waals surface area contributed by atoms with Gasteiger partial charge in [-0.1, -0.05) is 17.7 Å². The number of carbonyl (C=O) groups excluding carboxylic acids is 2. The van der Waals surface area contributed by atoms with Gasteiger partial charge in [-0.2, -0.15) is 0 Å². The summed E-state index contributed by atoms with van der Waals surface area (Å²) in [5.74, 6) is -0.268. The Balaban J connectivity index is 1.62. The van der Waals surface area contributed by atoms with Crippen molar-refractivity contribution < 1.29 is 19.0 Å². The lowest BCUT2D eigenvalue weighted by Crippen LogP contribution is -2.55. The molecule has 28 heavy (non-hydrogen) atoms. The summed E-state index contributed by atoms with van der Waals surface area (Å²) in [5.41, 5.74) is 0.314. The van der Waals surface area contributed by atoms with Crippen LogP contribution in [0.5, 0.6) is 0 Å². The second-order valence-corrected chi connectivity index (χ2v) is 7.14. The Morgan fingerprint density at radius 3 is 2.71 bits per heavy atom. The van der Waals surface area contributed by atoms with Crippen LogP contribution < -0.4 is 4.90 Å². The first-order chi connectivity index (χ1) is 13.4. The molecule has 146 valence electrons. The molecule has 11 heteroatoms. The van der Waals surface area contributed by atoms with Gasteiger partial charge in [-0.05, 0) is 12.1 Å². The van der Waals surface area contributed by atoms with Gasteiger partial charge in [0.25, 0.3) is 5.91 Å². The van der Waals surface area contributed by atoms with Crippen molar-refractivity contribution in [1.29, 1.82) is 0 Å². The van der Waals surface area contributed by atoms with Crippen molar-refractivity contribution in [2.24, 2.45) is 0 Å². The average molecular weight is 405 g/mol. The van der Waals surface area contributed by atoms with E-state index >= 15 is 0 Å². The van der Waals surface area contributed by atoms with E-state index in [0.717, 1.165) is 0 Å². The van der Waals surface area contributed by atoms with Crippen LogP contribution in [0.25, 0.3) is 0 Å². The fourth-order valence-corrected chi connectivity index (χ4v) is 3.30. The molecule has 0 bridgehead atoms. The second kappa shape index (κ2) is 6.97. The van der Waals surface area contributed by atoms with E-state index < -0.39 is 22.9 Å². The lowest BCUT2D eigenvalue weighted by molar-refractivity contribution is -0.864. The minimum atomic E-state index is -1.12. The molecular weight excluding hydrogens is 388 g/mol. The zero-order chi connectivity index (χ0) is 19.9. The van der Waals surface area contributed by atoms with E-state index in [1.807, 2.05) is 0 Å². The Labute approximate surface area is 165 Å². The van der Waals surface area contributed by atoms with Crippen molar-refractivity contribution in [2.75, 3.05) is 38.1 Å². The number of likely N-dealkylation sites (N-methyl/N-ethyl adjacent to an activating group) is 1. The van der Waals surface area contributed by atoms with Crippen LogP contribution in [-0.4, -0.2) is 69.7 Å². The number of piperazine rings is 1. The Kier molecular flexibility index (Phi) is 4.61. The maximum Gasteiger partial charge on any atom is 0.412 e. The zero-order valence-electron chi connectivity index (χ0n) is 15.0. The highest BCUT2D eigenvalue weighted by Gasteiger charge is 2.44. The smallest absolute Gasteiger partial charge is 0.412 e. The van der Waals surface area contributed by atoms with Crippen molar-refractivity contribution in [3.8, 4) is 0 Å². The SMILES string of the molecule is C[N+]1([O-])CCN(C(=O)OC2c3nccnc3C(=O)N2c2cccc(Cl)n2)CC1. The first kappa shape index (κ1) is 18.5. The van der Waals surface area contributed by atoms with Crippen LogP contribution >= 0.6 is 11.6 Å². The molecule has 4 rings (SSSR count). The van der Waals surface area contributed by atoms with Gasteiger partial charge in [0.05, 0.1) is 33.2 Å². The monoisotopic (exact) mass is 404 g/mol. The third-order valence-electron chi connectivity index (χ3n) is 4.72. The predicted octanol–water partition coefficient (Wildman–Crippen LogP) is 1.58. The molecule has 2 aromatic heterocycles. The van der Waals surface area contributed by atoms with Gasteiger partial charge in [0.1, 0.15) is 16.7 Å². The van der Waals surface area contributed by atoms with Crippen molar-refractivity contribution in [2.45, 2.75) is 6.23 Å². The molecule has 2 aliphatic rings. The third-order valence-corrected chi connectivity index (χ3v) is 4.93. The summed E-state index contributed by atoms with van der Waals surface area (Å²) >= 11 is 5.96. The normalized spacial score (nSPS) is 20.8. The van der Waals surface area contributed by atoms with Crippen LogP contribution in [0, 0.1) is 5.21 Å². The lowest BCUT2D eigenvalue weighted by atomic mass is 10.3. The summed E-state index contributed by atoms with van der Waals surface area (Å²) in [6.07, 6.45) is 1.05. The number of aromatic nitrogens is 3. The second-order valence-electron chi connectivity index (χ2n) is 6.75. The van der Waals surface area contributed by atoms with Crippen LogP contribution in [-0.2, 0) is 4.74 Å². The first-order valence-electron chi connectivity index (χ1n) is 8.64. The number of fused-ring (bicyclic) bond motifs is 1. The number of rotatable bonds is 2. The Hall–Kier alpha value is -2.82. The molecule has 2 amide bonds.